The van der Waals surface area contributed by atoms with Crippen molar-refractivity contribution < 1.29 is 0 Å². The summed E-state index contributed by atoms with van der Waals surface area (Å²) in [6.07, 6.45) is 1.61. The van der Waals surface area contributed by atoms with Gasteiger partial charge in [0.05, 0.1) is 16.1 Å². The molecular formula is C14H9Br2Cl2N3. The summed E-state index contributed by atoms with van der Waals surface area (Å²) in [4.78, 5) is 8.98. The van der Waals surface area contributed by atoms with Crippen LogP contribution in [0.2, 0.25) is 5.02 Å². The molecule has 0 amide bonds. The summed E-state index contributed by atoms with van der Waals surface area (Å²) in [6.45, 7) is 1.88. The average molecular weight is 450 g/mol. The zero-order valence-electron chi connectivity index (χ0n) is 10.8. The molecule has 0 N–H and O–H groups in total. The molecular weight excluding hydrogens is 441 g/mol. The first-order valence-electron chi connectivity index (χ1n) is 6.11. The Morgan fingerprint density at radius 2 is 1.90 bits per heavy atom. The third-order valence-corrected chi connectivity index (χ3v) is 4.69. The zero-order valence-corrected chi connectivity index (χ0v) is 15.5. The number of aromatic nitrogens is 3. The first-order chi connectivity index (χ1) is 9.99. The summed E-state index contributed by atoms with van der Waals surface area (Å²) in [5.74, 6) is 0.717. The lowest BCUT2D eigenvalue weighted by molar-refractivity contribution is 0.872. The first kappa shape index (κ1) is 15.3. The lowest BCUT2D eigenvalue weighted by atomic mass is 10.3. The van der Waals surface area contributed by atoms with Crippen LogP contribution in [0.4, 0.5) is 0 Å². The first-order valence-corrected chi connectivity index (χ1v) is 8.51. The summed E-state index contributed by atoms with van der Waals surface area (Å²) >= 11 is 19.5. The highest BCUT2D eigenvalue weighted by atomic mass is 79.9. The third-order valence-electron chi connectivity index (χ3n) is 3.01. The number of hydrogen-bond donors (Lipinski definition) is 0. The van der Waals surface area contributed by atoms with Crippen molar-refractivity contribution in [2.75, 3.05) is 0 Å². The van der Waals surface area contributed by atoms with Crippen molar-refractivity contribution in [1.82, 2.24) is 14.5 Å². The van der Waals surface area contributed by atoms with Gasteiger partial charge < -0.3 is 0 Å². The molecule has 2 heterocycles. The van der Waals surface area contributed by atoms with Crippen LogP contribution in [0.15, 0.2) is 39.4 Å². The van der Waals surface area contributed by atoms with E-state index >= 15 is 0 Å². The molecule has 3 nitrogen and oxygen atoms in total. The van der Waals surface area contributed by atoms with E-state index in [-0.39, 0.29) is 5.38 Å². The molecule has 0 bridgehead atoms. The fourth-order valence-electron chi connectivity index (χ4n) is 2.15. The summed E-state index contributed by atoms with van der Waals surface area (Å²) in [5.41, 5.74) is 2.35. The maximum atomic E-state index is 6.30. The lowest BCUT2D eigenvalue weighted by Crippen LogP contribution is -2.04. The topological polar surface area (TPSA) is 30.7 Å². The third kappa shape index (κ3) is 2.72. The second-order valence-corrected chi connectivity index (χ2v) is 7.29. The Morgan fingerprint density at radius 3 is 2.52 bits per heavy atom. The highest BCUT2D eigenvalue weighted by molar-refractivity contribution is 9.11. The molecule has 0 spiro atoms. The molecule has 0 fully saturated rings. The van der Waals surface area contributed by atoms with E-state index in [0.29, 0.717) is 16.4 Å². The van der Waals surface area contributed by atoms with Gasteiger partial charge in [-0.3, -0.25) is 4.57 Å². The van der Waals surface area contributed by atoms with E-state index in [1.165, 1.54) is 0 Å². The number of halogens is 4. The maximum absolute atomic E-state index is 6.30. The van der Waals surface area contributed by atoms with E-state index in [0.717, 1.165) is 20.3 Å². The van der Waals surface area contributed by atoms with Crippen molar-refractivity contribution in [2.24, 2.45) is 0 Å². The minimum absolute atomic E-state index is 0.267. The Bertz CT molecular complexity index is 810. The number of nitrogens with zero attached hydrogens (tertiary/aromatic N) is 3. The number of para-hydroxylation sites is 1. The molecule has 1 unspecified atom stereocenters. The fraction of sp³-hybridized carbons (Fsp3) is 0.143. The van der Waals surface area contributed by atoms with Crippen LogP contribution in [0.25, 0.3) is 16.9 Å². The number of alkyl halides is 1. The van der Waals surface area contributed by atoms with Gasteiger partial charge in [0.25, 0.3) is 0 Å². The van der Waals surface area contributed by atoms with Crippen LogP contribution in [-0.2, 0) is 0 Å². The van der Waals surface area contributed by atoms with E-state index in [1.807, 2.05) is 29.7 Å². The van der Waals surface area contributed by atoms with Gasteiger partial charge in [-0.05, 0) is 57.0 Å². The number of pyridine rings is 1. The highest BCUT2D eigenvalue weighted by Crippen LogP contribution is 2.35. The van der Waals surface area contributed by atoms with E-state index in [4.69, 9.17) is 23.2 Å². The number of rotatable bonds is 2. The van der Waals surface area contributed by atoms with Gasteiger partial charge in [0.1, 0.15) is 11.3 Å². The second kappa shape index (κ2) is 5.88. The quantitative estimate of drug-likeness (QED) is 0.456. The Kier molecular flexibility index (Phi) is 4.28. The molecule has 3 aromatic rings. The largest absolute Gasteiger partial charge is 0.277 e. The van der Waals surface area contributed by atoms with E-state index in [2.05, 4.69) is 41.8 Å². The molecule has 21 heavy (non-hydrogen) atoms. The van der Waals surface area contributed by atoms with Gasteiger partial charge in [-0.1, -0.05) is 17.7 Å². The zero-order chi connectivity index (χ0) is 15.1. The Morgan fingerprint density at radius 1 is 1.24 bits per heavy atom. The molecule has 3 rings (SSSR count). The number of benzene rings is 1. The molecule has 2 aromatic heterocycles. The molecule has 0 aliphatic rings. The molecule has 7 heteroatoms. The van der Waals surface area contributed by atoms with Crippen molar-refractivity contribution in [3.8, 4) is 5.69 Å². The monoisotopic (exact) mass is 447 g/mol. The number of hydrogen-bond acceptors (Lipinski definition) is 2. The van der Waals surface area contributed by atoms with Gasteiger partial charge >= 0.3 is 0 Å². The van der Waals surface area contributed by atoms with Crippen LogP contribution in [-0.4, -0.2) is 14.5 Å². The van der Waals surface area contributed by atoms with Gasteiger partial charge in [0.2, 0.25) is 0 Å². The molecule has 0 aliphatic carbocycles. The fourth-order valence-corrected chi connectivity index (χ4v) is 3.80. The minimum Gasteiger partial charge on any atom is -0.277 e. The Hall–Kier alpha value is -0.620. The molecule has 0 aliphatic heterocycles. The predicted octanol–water partition coefficient (Wildman–Crippen LogP) is 5.90. The van der Waals surface area contributed by atoms with E-state index in [9.17, 15) is 0 Å². The summed E-state index contributed by atoms with van der Waals surface area (Å²) in [5, 5.41) is 0.282. The average Bonchev–Trinajstić information content (AvgIpc) is 2.77. The number of imidazole rings is 1. The van der Waals surface area contributed by atoms with Gasteiger partial charge in [0, 0.05) is 15.1 Å². The van der Waals surface area contributed by atoms with Crippen molar-refractivity contribution >= 4 is 66.2 Å². The SMILES string of the molecule is CC(Cl)c1nc2cc(Cl)cnc2n1-c1c(Br)cccc1Br. The van der Waals surface area contributed by atoms with Crippen molar-refractivity contribution in [1.29, 1.82) is 0 Å². The maximum Gasteiger partial charge on any atom is 0.164 e. The Labute approximate surface area is 148 Å². The summed E-state index contributed by atoms with van der Waals surface area (Å²) in [7, 11) is 0. The normalized spacial score (nSPS) is 12.8. The van der Waals surface area contributed by atoms with Gasteiger partial charge in [0.15, 0.2) is 5.65 Å². The molecule has 0 saturated carbocycles. The van der Waals surface area contributed by atoms with Gasteiger partial charge in [-0.25, -0.2) is 9.97 Å². The Balaban J connectivity index is 2.42. The van der Waals surface area contributed by atoms with Crippen molar-refractivity contribution in [3.63, 3.8) is 0 Å². The van der Waals surface area contributed by atoms with Crippen LogP contribution in [0.5, 0.6) is 0 Å². The highest BCUT2D eigenvalue weighted by Gasteiger charge is 2.20. The van der Waals surface area contributed by atoms with Crippen LogP contribution >= 0.6 is 55.1 Å². The molecule has 1 atom stereocenters. The molecule has 0 radical (unpaired) electrons. The van der Waals surface area contributed by atoms with Crippen molar-refractivity contribution in [3.05, 3.63) is 50.3 Å². The molecule has 108 valence electrons. The minimum atomic E-state index is -0.267. The van der Waals surface area contributed by atoms with E-state index < -0.39 is 0 Å². The van der Waals surface area contributed by atoms with Crippen molar-refractivity contribution in [2.45, 2.75) is 12.3 Å². The van der Waals surface area contributed by atoms with Crippen LogP contribution in [0.1, 0.15) is 18.1 Å². The number of fused-ring (bicyclic) bond motifs is 1. The summed E-state index contributed by atoms with van der Waals surface area (Å²) < 4.78 is 3.79. The predicted molar refractivity (Wildman–Crippen MR) is 93.5 cm³/mol. The lowest BCUT2D eigenvalue weighted by Gasteiger charge is -2.13. The standard InChI is InChI=1S/C14H9Br2Cl2N3/c1-7(17)13-20-11-5-8(18)6-19-14(11)21(13)12-9(15)3-2-4-10(12)16/h2-7H,1H3. The van der Waals surface area contributed by atoms with Crippen LogP contribution in [0, 0.1) is 0 Å². The van der Waals surface area contributed by atoms with Crippen LogP contribution < -0.4 is 0 Å². The van der Waals surface area contributed by atoms with Gasteiger partial charge in [-0.2, -0.15) is 0 Å². The molecule has 0 saturated heterocycles. The van der Waals surface area contributed by atoms with Crippen LogP contribution in [0.3, 0.4) is 0 Å². The van der Waals surface area contributed by atoms with Gasteiger partial charge in [-0.15, -0.1) is 11.6 Å². The second-order valence-electron chi connectivity index (χ2n) is 4.49. The molecule has 1 aromatic carbocycles. The smallest absolute Gasteiger partial charge is 0.164 e. The summed E-state index contributed by atoms with van der Waals surface area (Å²) in [6, 6.07) is 7.66. The van der Waals surface area contributed by atoms with E-state index in [1.54, 1.807) is 12.3 Å².